The van der Waals surface area contributed by atoms with E-state index in [-0.39, 0.29) is 22.6 Å². The molecule has 2 aromatic carbocycles. The van der Waals surface area contributed by atoms with Gasteiger partial charge in [0, 0.05) is 34.3 Å². The van der Waals surface area contributed by atoms with Crippen molar-refractivity contribution in [3.8, 4) is 5.69 Å². The number of aromatic nitrogens is 1. The van der Waals surface area contributed by atoms with Gasteiger partial charge in [0.25, 0.3) is 11.6 Å². The number of hydrazone groups is 1. The molecule has 0 saturated carbocycles. The number of benzene rings is 2. The van der Waals surface area contributed by atoms with E-state index in [1.165, 1.54) is 43.5 Å². The SMILES string of the molecule is Cc1c(C(=O)N/N=C\c2cc(C)n(-c3ccc(F)cc3)c2C)cccc1[N+](=O)[O-]. The Morgan fingerprint density at radius 2 is 1.86 bits per heavy atom. The maximum absolute atomic E-state index is 13.2. The largest absolute Gasteiger partial charge is 0.318 e. The number of nitro benzene ring substituents is 1. The Kier molecular flexibility index (Phi) is 5.54. The van der Waals surface area contributed by atoms with E-state index in [1.807, 2.05) is 24.5 Å². The number of rotatable bonds is 5. The van der Waals surface area contributed by atoms with E-state index < -0.39 is 10.8 Å². The molecule has 0 bridgehead atoms. The second-order valence-electron chi connectivity index (χ2n) is 6.54. The number of nitrogens with one attached hydrogen (secondary N) is 1. The van der Waals surface area contributed by atoms with E-state index in [0.29, 0.717) is 0 Å². The van der Waals surface area contributed by atoms with Crippen LogP contribution in [0.15, 0.2) is 53.6 Å². The quantitative estimate of drug-likeness (QED) is 0.399. The molecule has 3 rings (SSSR count). The van der Waals surface area contributed by atoms with Gasteiger partial charge in [-0.25, -0.2) is 9.82 Å². The third-order valence-electron chi connectivity index (χ3n) is 4.67. The van der Waals surface area contributed by atoms with Crippen molar-refractivity contribution in [2.45, 2.75) is 20.8 Å². The van der Waals surface area contributed by atoms with Crippen molar-refractivity contribution < 1.29 is 14.1 Å². The number of hydrogen-bond acceptors (Lipinski definition) is 4. The zero-order valence-corrected chi connectivity index (χ0v) is 16.1. The number of hydrogen-bond donors (Lipinski definition) is 1. The third-order valence-corrected chi connectivity index (χ3v) is 4.67. The van der Waals surface area contributed by atoms with Crippen LogP contribution in [0.5, 0.6) is 0 Å². The topological polar surface area (TPSA) is 89.5 Å². The first-order valence-corrected chi connectivity index (χ1v) is 8.82. The van der Waals surface area contributed by atoms with Crippen LogP contribution in [-0.2, 0) is 0 Å². The predicted octanol–water partition coefficient (Wildman–Crippen LogP) is 4.21. The van der Waals surface area contributed by atoms with E-state index in [2.05, 4.69) is 10.5 Å². The molecule has 0 spiro atoms. The van der Waals surface area contributed by atoms with Gasteiger partial charge in [-0.1, -0.05) is 6.07 Å². The lowest BCUT2D eigenvalue weighted by atomic mass is 10.1. The first-order chi connectivity index (χ1) is 13.8. The van der Waals surface area contributed by atoms with Gasteiger partial charge in [-0.15, -0.1) is 0 Å². The van der Waals surface area contributed by atoms with Crippen LogP contribution in [0.3, 0.4) is 0 Å². The highest BCUT2D eigenvalue weighted by molar-refractivity contribution is 5.97. The van der Waals surface area contributed by atoms with E-state index in [4.69, 9.17) is 0 Å². The molecule has 1 aromatic heterocycles. The van der Waals surface area contributed by atoms with Gasteiger partial charge in [-0.05, 0) is 57.2 Å². The standard InChI is InChI=1S/C21H19FN4O3/c1-13-11-16(15(3)25(13)18-9-7-17(22)8-10-18)12-23-24-21(27)19-5-4-6-20(14(19)2)26(28)29/h4-12H,1-3H3,(H,24,27)/b23-12-. The second-order valence-corrected chi connectivity index (χ2v) is 6.54. The maximum atomic E-state index is 13.2. The Morgan fingerprint density at radius 3 is 2.52 bits per heavy atom. The first kappa shape index (κ1) is 19.9. The van der Waals surface area contributed by atoms with Crippen LogP contribution in [0.25, 0.3) is 5.69 Å². The fraction of sp³-hybridized carbons (Fsp3) is 0.143. The molecule has 0 radical (unpaired) electrons. The lowest BCUT2D eigenvalue weighted by molar-refractivity contribution is -0.385. The normalized spacial score (nSPS) is 11.0. The van der Waals surface area contributed by atoms with E-state index in [1.54, 1.807) is 12.1 Å². The summed E-state index contributed by atoms with van der Waals surface area (Å²) in [5, 5.41) is 15.0. The molecule has 1 amide bonds. The Morgan fingerprint density at radius 1 is 1.17 bits per heavy atom. The summed E-state index contributed by atoms with van der Waals surface area (Å²) in [6.07, 6.45) is 1.51. The lowest BCUT2D eigenvalue weighted by Crippen LogP contribution is -2.19. The van der Waals surface area contributed by atoms with Crippen LogP contribution in [0, 0.1) is 36.7 Å². The summed E-state index contributed by atoms with van der Waals surface area (Å²) in [5.41, 5.74) is 6.15. The summed E-state index contributed by atoms with van der Waals surface area (Å²) in [5.74, 6) is -0.841. The van der Waals surface area contributed by atoms with Gasteiger partial charge in [0.15, 0.2) is 0 Å². The average Bonchev–Trinajstić information content (AvgIpc) is 2.96. The molecule has 0 aliphatic carbocycles. The molecule has 148 valence electrons. The van der Waals surface area contributed by atoms with Crippen molar-refractivity contribution in [3.63, 3.8) is 0 Å². The molecule has 0 aliphatic rings. The van der Waals surface area contributed by atoms with Crippen LogP contribution in [-0.4, -0.2) is 21.6 Å². The van der Waals surface area contributed by atoms with Crippen molar-refractivity contribution in [2.24, 2.45) is 5.10 Å². The average molecular weight is 394 g/mol. The molecule has 3 aromatic rings. The summed E-state index contributed by atoms with van der Waals surface area (Å²) in [6, 6.07) is 12.4. The second kappa shape index (κ2) is 8.05. The molecule has 1 heterocycles. The van der Waals surface area contributed by atoms with Gasteiger partial charge < -0.3 is 4.57 Å². The minimum absolute atomic E-state index is 0.121. The van der Waals surface area contributed by atoms with E-state index in [9.17, 15) is 19.3 Å². The van der Waals surface area contributed by atoms with E-state index in [0.717, 1.165) is 22.6 Å². The number of carbonyl (C=O) groups is 1. The monoisotopic (exact) mass is 394 g/mol. The van der Waals surface area contributed by atoms with Crippen LogP contribution >= 0.6 is 0 Å². The van der Waals surface area contributed by atoms with E-state index >= 15 is 0 Å². The number of nitrogens with zero attached hydrogens (tertiary/aromatic N) is 3. The predicted molar refractivity (Wildman–Crippen MR) is 108 cm³/mol. The molecule has 7 nitrogen and oxygen atoms in total. The number of carbonyl (C=O) groups excluding carboxylic acids is 1. The Labute approximate surface area is 166 Å². The Hall–Kier alpha value is -3.81. The highest BCUT2D eigenvalue weighted by Crippen LogP contribution is 2.21. The van der Waals surface area contributed by atoms with Gasteiger partial charge in [-0.3, -0.25) is 14.9 Å². The van der Waals surface area contributed by atoms with Gasteiger partial charge in [0.2, 0.25) is 0 Å². The van der Waals surface area contributed by atoms with Crippen molar-refractivity contribution in [1.82, 2.24) is 9.99 Å². The molecule has 0 atom stereocenters. The number of nitro groups is 1. The fourth-order valence-electron chi connectivity index (χ4n) is 3.19. The summed E-state index contributed by atoms with van der Waals surface area (Å²) in [6.45, 7) is 5.33. The van der Waals surface area contributed by atoms with Crippen molar-refractivity contribution >= 4 is 17.8 Å². The van der Waals surface area contributed by atoms with Gasteiger partial charge in [0.1, 0.15) is 5.82 Å². The number of halogens is 1. The maximum Gasteiger partial charge on any atom is 0.273 e. The highest BCUT2D eigenvalue weighted by Gasteiger charge is 2.17. The molecule has 1 N–H and O–H groups in total. The molecule has 0 unspecified atom stereocenters. The first-order valence-electron chi connectivity index (χ1n) is 8.82. The number of amides is 1. The molecular weight excluding hydrogens is 375 g/mol. The highest BCUT2D eigenvalue weighted by atomic mass is 19.1. The van der Waals surface area contributed by atoms with Crippen LogP contribution < -0.4 is 5.43 Å². The van der Waals surface area contributed by atoms with Crippen LogP contribution in [0.4, 0.5) is 10.1 Å². The fourth-order valence-corrected chi connectivity index (χ4v) is 3.19. The van der Waals surface area contributed by atoms with Gasteiger partial charge >= 0.3 is 0 Å². The lowest BCUT2D eigenvalue weighted by Gasteiger charge is -2.09. The Balaban J connectivity index is 1.80. The molecular formula is C21H19FN4O3. The van der Waals surface area contributed by atoms with Crippen LogP contribution in [0.2, 0.25) is 0 Å². The Bertz CT molecular complexity index is 1120. The minimum Gasteiger partial charge on any atom is -0.318 e. The van der Waals surface area contributed by atoms with Crippen LogP contribution in [0.1, 0.15) is 32.9 Å². The molecule has 29 heavy (non-hydrogen) atoms. The zero-order chi connectivity index (χ0) is 21.1. The minimum atomic E-state index is -0.533. The summed E-state index contributed by atoms with van der Waals surface area (Å²) in [4.78, 5) is 22.8. The van der Waals surface area contributed by atoms with Crippen molar-refractivity contribution in [3.05, 3.63) is 92.5 Å². The summed E-state index contributed by atoms with van der Waals surface area (Å²) in [7, 11) is 0. The molecule has 0 aliphatic heterocycles. The molecule has 0 saturated heterocycles. The third kappa shape index (κ3) is 4.06. The van der Waals surface area contributed by atoms with Gasteiger partial charge in [0.05, 0.1) is 16.7 Å². The van der Waals surface area contributed by atoms with Crippen molar-refractivity contribution in [1.29, 1.82) is 0 Å². The van der Waals surface area contributed by atoms with Gasteiger partial charge in [-0.2, -0.15) is 5.10 Å². The molecule has 0 fully saturated rings. The zero-order valence-electron chi connectivity index (χ0n) is 16.1. The van der Waals surface area contributed by atoms with Crippen molar-refractivity contribution in [2.75, 3.05) is 0 Å². The molecule has 8 heteroatoms. The summed E-state index contributed by atoms with van der Waals surface area (Å²) >= 11 is 0. The smallest absolute Gasteiger partial charge is 0.273 e. The number of aryl methyl sites for hydroxylation is 1. The summed E-state index contributed by atoms with van der Waals surface area (Å²) < 4.78 is 15.1.